The first-order chi connectivity index (χ1) is 14.5. The minimum atomic E-state index is -0.514. The third-order valence-electron chi connectivity index (χ3n) is 5.52. The van der Waals surface area contributed by atoms with Gasteiger partial charge < -0.3 is 20.9 Å². The summed E-state index contributed by atoms with van der Waals surface area (Å²) >= 11 is 0. The first kappa shape index (κ1) is 20.3. The van der Waals surface area contributed by atoms with Crippen molar-refractivity contribution < 1.29 is 14.2 Å². The van der Waals surface area contributed by atoms with Crippen LogP contribution in [0.4, 0.5) is 10.2 Å². The molecular weight excluding hydrogens is 385 g/mol. The molecule has 0 spiro atoms. The maximum atomic E-state index is 13.7. The van der Waals surface area contributed by atoms with Gasteiger partial charge in [-0.3, -0.25) is 4.68 Å². The highest BCUT2D eigenvalue weighted by atomic mass is 19.1. The summed E-state index contributed by atoms with van der Waals surface area (Å²) in [5, 5.41) is 17.4. The van der Waals surface area contributed by atoms with E-state index in [-0.39, 0.29) is 18.2 Å². The third-order valence-corrected chi connectivity index (χ3v) is 5.52. The molecule has 1 fully saturated rings. The highest BCUT2D eigenvalue weighted by Gasteiger charge is 2.18. The number of pyridine rings is 1. The van der Waals surface area contributed by atoms with Crippen LogP contribution in [0.5, 0.6) is 5.75 Å². The number of piperidine rings is 1. The van der Waals surface area contributed by atoms with Crippen LogP contribution >= 0.6 is 0 Å². The summed E-state index contributed by atoms with van der Waals surface area (Å²) in [6.07, 6.45) is 7.12. The van der Waals surface area contributed by atoms with Crippen molar-refractivity contribution >= 4 is 5.82 Å². The van der Waals surface area contributed by atoms with Crippen LogP contribution in [0.25, 0.3) is 11.1 Å². The Hall–Kier alpha value is -2.97. The summed E-state index contributed by atoms with van der Waals surface area (Å²) in [4.78, 5) is 4.27. The van der Waals surface area contributed by atoms with Crippen LogP contribution in [0.1, 0.15) is 43.0 Å². The predicted molar refractivity (Wildman–Crippen MR) is 112 cm³/mol. The average molecular weight is 411 g/mol. The van der Waals surface area contributed by atoms with E-state index >= 15 is 0 Å². The molecule has 0 bridgehead atoms. The van der Waals surface area contributed by atoms with Crippen molar-refractivity contribution in [3.8, 4) is 16.9 Å². The number of nitrogens with zero attached hydrogens (tertiary/aromatic N) is 3. The fourth-order valence-electron chi connectivity index (χ4n) is 3.81. The van der Waals surface area contributed by atoms with Crippen LogP contribution in [-0.2, 0) is 6.61 Å². The number of benzene rings is 1. The number of aliphatic hydroxyl groups excluding tert-OH is 1. The first-order valence-electron chi connectivity index (χ1n) is 10.1. The fourth-order valence-corrected chi connectivity index (χ4v) is 3.81. The zero-order valence-corrected chi connectivity index (χ0v) is 16.9. The number of ether oxygens (including phenoxy) is 1. The van der Waals surface area contributed by atoms with Gasteiger partial charge in [-0.1, -0.05) is 6.07 Å². The number of aliphatic hydroxyl groups is 1. The third kappa shape index (κ3) is 4.29. The number of hydrogen-bond donors (Lipinski definition) is 3. The van der Waals surface area contributed by atoms with Gasteiger partial charge in [0.25, 0.3) is 0 Å². The van der Waals surface area contributed by atoms with E-state index in [2.05, 4.69) is 15.4 Å². The number of hydrogen-bond acceptors (Lipinski definition) is 6. The maximum Gasteiger partial charge on any atom is 0.166 e. The van der Waals surface area contributed by atoms with E-state index < -0.39 is 6.10 Å². The molecule has 158 valence electrons. The maximum absolute atomic E-state index is 13.7. The lowest BCUT2D eigenvalue weighted by Crippen LogP contribution is -2.29. The molecule has 1 aromatic carbocycles. The van der Waals surface area contributed by atoms with Gasteiger partial charge >= 0.3 is 0 Å². The first-order valence-corrected chi connectivity index (χ1v) is 10.1. The van der Waals surface area contributed by atoms with Crippen LogP contribution in [-0.4, -0.2) is 33.0 Å². The number of rotatable bonds is 6. The highest BCUT2D eigenvalue weighted by Crippen LogP contribution is 2.32. The van der Waals surface area contributed by atoms with Crippen molar-refractivity contribution in [2.75, 3.05) is 18.8 Å². The Bertz CT molecular complexity index is 1020. The van der Waals surface area contributed by atoms with Crippen molar-refractivity contribution in [1.29, 1.82) is 0 Å². The van der Waals surface area contributed by atoms with Crippen LogP contribution in [0.15, 0.2) is 42.9 Å². The number of nitrogens with one attached hydrogen (secondary N) is 1. The van der Waals surface area contributed by atoms with E-state index in [0.717, 1.165) is 37.1 Å². The summed E-state index contributed by atoms with van der Waals surface area (Å²) in [7, 11) is 0. The second-order valence-electron chi connectivity index (χ2n) is 7.56. The number of halogens is 1. The van der Waals surface area contributed by atoms with Crippen LogP contribution in [0.2, 0.25) is 0 Å². The Labute approximate surface area is 174 Å². The molecule has 3 heterocycles. The molecule has 2 aromatic heterocycles. The van der Waals surface area contributed by atoms with E-state index in [4.69, 9.17) is 10.5 Å². The predicted octanol–water partition coefficient (Wildman–Crippen LogP) is 3.22. The average Bonchev–Trinajstić information content (AvgIpc) is 3.26. The van der Waals surface area contributed by atoms with Crippen molar-refractivity contribution in [2.24, 2.45) is 0 Å². The molecule has 3 aromatic rings. The Morgan fingerprint density at radius 3 is 2.83 bits per heavy atom. The molecule has 0 radical (unpaired) electrons. The number of nitrogens with two attached hydrogens (primary N) is 1. The van der Waals surface area contributed by atoms with Gasteiger partial charge in [-0.25, -0.2) is 9.37 Å². The van der Waals surface area contributed by atoms with Crippen molar-refractivity contribution in [1.82, 2.24) is 20.1 Å². The Morgan fingerprint density at radius 1 is 1.27 bits per heavy atom. The summed E-state index contributed by atoms with van der Waals surface area (Å²) < 4.78 is 21.7. The van der Waals surface area contributed by atoms with E-state index in [1.165, 1.54) is 12.1 Å². The van der Waals surface area contributed by atoms with Gasteiger partial charge in [-0.05, 0) is 56.6 Å². The molecule has 1 aliphatic heterocycles. The number of nitrogen functional groups attached to an aromatic ring is 1. The Morgan fingerprint density at radius 2 is 2.07 bits per heavy atom. The normalized spacial score (nSPS) is 15.8. The van der Waals surface area contributed by atoms with E-state index in [0.29, 0.717) is 22.9 Å². The SMILES string of the molecule is CC(Oc1cc(-c2cnn(C3CCNCC3)c2)cnc1N)c1cc(F)ccc1CO. The highest BCUT2D eigenvalue weighted by molar-refractivity contribution is 5.65. The van der Waals surface area contributed by atoms with Crippen LogP contribution < -0.4 is 15.8 Å². The minimum absolute atomic E-state index is 0.201. The molecule has 1 saturated heterocycles. The van der Waals surface area contributed by atoms with Crippen LogP contribution in [0, 0.1) is 5.82 Å². The van der Waals surface area contributed by atoms with E-state index in [1.807, 2.05) is 23.1 Å². The van der Waals surface area contributed by atoms with E-state index in [1.54, 1.807) is 19.2 Å². The second-order valence-corrected chi connectivity index (χ2v) is 7.56. The molecule has 7 nitrogen and oxygen atoms in total. The van der Waals surface area contributed by atoms with Crippen molar-refractivity contribution in [3.63, 3.8) is 0 Å². The lowest BCUT2D eigenvalue weighted by Gasteiger charge is -2.22. The Kier molecular flexibility index (Phi) is 5.96. The molecule has 4 rings (SSSR count). The van der Waals surface area contributed by atoms with Gasteiger partial charge in [0.15, 0.2) is 11.6 Å². The van der Waals surface area contributed by atoms with E-state index in [9.17, 15) is 9.50 Å². The summed E-state index contributed by atoms with van der Waals surface area (Å²) in [6, 6.07) is 6.45. The molecule has 0 amide bonds. The lowest BCUT2D eigenvalue weighted by molar-refractivity contribution is 0.219. The fraction of sp³-hybridized carbons (Fsp3) is 0.364. The summed E-state index contributed by atoms with van der Waals surface area (Å²) in [5.41, 5.74) is 8.98. The monoisotopic (exact) mass is 411 g/mol. The molecule has 0 aliphatic carbocycles. The topological polar surface area (TPSA) is 98.2 Å². The summed E-state index contributed by atoms with van der Waals surface area (Å²) in [5.74, 6) is 0.267. The quantitative estimate of drug-likeness (QED) is 0.576. The molecule has 8 heteroatoms. The van der Waals surface area contributed by atoms with Gasteiger partial charge in [-0.2, -0.15) is 5.10 Å². The van der Waals surface area contributed by atoms with Gasteiger partial charge in [0.1, 0.15) is 11.9 Å². The second kappa shape index (κ2) is 8.81. The molecule has 30 heavy (non-hydrogen) atoms. The van der Waals surface area contributed by atoms with Crippen molar-refractivity contribution in [3.05, 3.63) is 59.8 Å². The molecule has 4 N–H and O–H groups in total. The molecule has 0 saturated carbocycles. The van der Waals surface area contributed by atoms with Gasteiger partial charge in [0.05, 0.1) is 18.8 Å². The van der Waals surface area contributed by atoms with Crippen LogP contribution in [0.3, 0.4) is 0 Å². The summed E-state index contributed by atoms with van der Waals surface area (Å²) in [6.45, 7) is 3.58. The lowest BCUT2D eigenvalue weighted by atomic mass is 10.0. The Balaban J connectivity index is 1.57. The molecule has 1 unspecified atom stereocenters. The molecule has 1 aliphatic rings. The zero-order valence-electron chi connectivity index (χ0n) is 16.9. The largest absolute Gasteiger partial charge is 0.482 e. The number of aromatic nitrogens is 3. The van der Waals surface area contributed by atoms with Gasteiger partial charge in [0, 0.05) is 29.1 Å². The molecule has 1 atom stereocenters. The molecular formula is C22H26FN5O2. The van der Waals surface area contributed by atoms with Gasteiger partial charge in [0.2, 0.25) is 0 Å². The minimum Gasteiger partial charge on any atom is -0.482 e. The van der Waals surface area contributed by atoms with Gasteiger partial charge in [-0.15, -0.1) is 0 Å². The van der Waals surface area contributed by atoms with Crippen molar-refractivity contribution in [2.45, 2.75) is 38.5 Å². The smallest absolute Gasteiger partial charge is 0.166 e. The zero-order chi connectivity index (χ0) is 21.1. The standard InChI is InChI=1S/C22H26FN5O2/c1-14(20-9-18(23)3-2-15(20)13-29)30-21-8-16(10-26-22(21)24)17-11-27-28(12-17)19-4-6-25-7-5-19/h2-3,8-12,14,19,25,29H,4-7,13H2,1H3,(H2,24,26). The number of anilines is 1.